The Balaban J connectivity index is 1.83. The molecule has 0 fully saturated rings. The largest absolute Gasteiger partial charge is 0.334 e. The first-order chi connectivity index (χ1) is 14.4. The molecule has 30 heavy (non-hydrogen) atoms. The van der Waals surface area contributed by atoms with Gasteiger partial charge in [-0.3, -0.25) is 4.90 Å². The number of nitrogens with zero attached hydrogens (tertiary/aromatic N) is 3. The van der Waals surface area contributed by atoms with Crippen molar-refractivity contribution in [3.63, 3.8) is 0 Å². The van der Waals surface area contributed by atoms with E-state index in [0.717, 1.165) is 28.0 Å². The molecule has 1 aromatic heterocycles. The van der Waals surface area contributed by atoms with Crippen LogP contribution < -0.4 is 5.32 Å². The van der Waals surface area contributed by atoms with E-state index in [1.165, 1.54) is 11.1 Å². The van der Waals surface area contributed by atoms with E-state index < -0.39 is 0 Å². The van der Waals surface area contributed by atoms with Crippen molar-refractivity contribution in [2.24, 2.45) is 0 Å². The molecule has 0 saturated heterocycles. The molecule has 2 aromatic carbocycles. The number of hydrogen-bond acceptors (Lipinski definition) is 4. The molecule has 0 aliphatic carbocycles. The van der Waals surface area contributed by atoms with Gasteiger partial charge in [0, 0.05) is 17.8 Å². The van der Waals surface area contributed by atoms with Crippen molar-refractivity contribution >= 4 is 11.6 Å². The standard InChI is InChI=1S/C24H26N4O2/c1-6-28-17(5)20(21(25-24(28)29)18-11-10-15(3)16(4)13-18)23-26-22(27-30-23)19-9-7-8-14(2)12-19/h7-13,21H,6H2,1-5H3,(H,25,29). The highest BCUT2D eigenvalue weighted by molar-refractivity contribution is 5.86. The number of aromatic nitrogens is 2. The molecule has 1 unspecified atom stereocenters. The molecule has 6 nitrogen and oxygen atoms in total. The zero-order valence-electron chi connectivity index (χ0n) is 18.0. The Morgan fingerprint density at radius 1 is 1.07 bits per heavy atom. The lowest BCUT2D eigenvalue weighted by molar-refractivity contribution is 0.207. The van der Waals surface area contributed by atoms with Crippen molar-refractivity contribution in [1.82, 2.24) is 20.4 Å². The van der Waals surface area contributed by atoms with Gasteiger partial charge in [-0.2, -0.15) is 4.98 Å². The summed E-state index contributed by atoms with van der Waals surface area (Å²) in [7, 11) is 0. The quantitative estimate of drug-likeness (QED) is 0.653. The van der Waals surface area contributed by atoms with Crippen LogP contribution in [0.5, 0.6) is 0 Å². The predicted molar refractivity (Wildman–Crippen MR) is 117 cm³/mol. The Morgan fingerprint density at radius 3 is 2.57 bits per heavy atom. The fraction of sp³-hybridized carbons (Fsp3) is 0.292. The molecule has 0 radical (unpaired) electrons. The maximum absolute atomic E-state index is 12.7. The summed E-state index contributed by atoms with van der Waals surface area (Å²) in [5, 5.41) is 7.33. The zero-order valence-corrected chi connectivity index (χ0v) is 18.0. The van der Waals surface area contributed by atoms with E-state index in [2.05, 4.69) is 36.5 Å². The summed E-state index contributed by atoms with van der Waals surface area (Å²) >= 11 is 0. The molecule has 154 valence electrons. The average molecular weight is 402 g/mol. The summed E-state index contributed by atoms with van der Waals surface area (Å²) in [6.07, 6.45) is 0. The first kappa shape index (κ1) is 19.9. The first-order valence-electron chi connectivity index (χ1n) is 10.2. The maximum Gasteiger partial charge on any atom is 0.322 e. The lowest BCUT2D eigenvalue weighted by atomic mass is 9.92. The van der Waals surface area contributed by atoms with Gasteiger partial charge < -0.3 is 9.84 Å². The predicted octanol–water partition coefficient (Wildman–Crippen LogP) is 5.18. The fourth-order valence-electron chi connectivity index (χ4n) is 3.87. The minimum atomic E-state index is -0.356. The second-order valence-corrected chi connectivity index (χ2v) is 7.76. The van der Waals surface area contributed by atoms with Crippen molar-refractivity contribution in [1.29, 1.82) is 0 Å². The third kappa shape index (κ3) is 3.49. The van der Waals surface area contributed by atoms with Crippen molar-refractivity contribution in [2.75, 3.05) is 6.54 Å². The van der Waals surface area contributed by atoms with Crippen molar-refractivity contribution in [3.8, 4) is 11.4 Å². The molecular formula is C24H26N4O2. The highest BCUT2D eigenvalue weighted by Crippen LogP contribution is 2.37. The van der Waals surface area contributed by atoms with Gasteiger partial charge in [0.25, 0.3) is 5.89 Å². The maximum atomic E-state index is 12.7. The summed E-state index contributed by atoms with van der Waals surface area (Å²) in [5.41, 5.74) is 7.05. The molecule has 1 aliphatic heterocycles. The van der Waals surface area contributed by atoms with Crippen molar-refractivity contribution in [2.45, 2.75) is 40.7 Å². The Kier molecular flexibility index (Phi) is 5.16. The highest BCUT2D eigenvalue weighted by Gasteiger charge is 2.35. The van der Waals surface area contributed by atoms with E-state index in [1.54, 1.807) is 4.90 Å². The number of aryl methyl sites for hydroxylation is 3. The average Bonchev–Trinajstić information content (AvgIpc) is 3.19. The Hall–Kier alpha value is -3.41. The molecule has 2 heterocycles. The van der Waals surface area contributed by atoms with Gasteiger partial charge in [-0.05, 0) is 57.4 Å². The number of carbonyl (C=O) groups is 1. The van der Waals surface area contributed by atoms with Crippen LogP contribution in [0.4, 0.5) is 4.79 Å². The number of hydrogen-bond donors (Lipinski definition) is 1. The Morgan fingerprint density at radius 2 is 1.87 bits per heavy atom. The second kappa shape index (κ2) is 7.78. The first-order valence-corrected chi connectivity index (χ1v) is 10.2. The van der Waals surface area contributed by atoms with Crippen LogP contribution in [0.1, 0.15) is 48.0 Å². The molecule has 1 aliphatic rings. The summed E-state index contributed by atoms with van der Waals surface area (Å²) in [4.78, 5) is 19.1. The molecule has 0 saturated carbocycles. The van der Waals surface area contributed by atoms with Gasteiger partial charge in [-0.1, -0.05) is 47.1 Å². The van der Waals surface area contributed by atoms with Crippen LogP contribution in [0.25, 0.3) is 17.0 Å². The Labute approximate surface area is 176 Å². The lowest BCUT2D eigenvalue weighted by Gasteiger charge is -2.34. The van der Waals surface area contributed by atoms with Gasteiger partial charge in [0.05, 0.1) is 11.6 Å². The number of urea groups is 1. The third-order valence-corrected chi connectivity index (χ3v) is 5.71. The van der Waals surface area contributed by atoms with Crippen LogP contribution in [0, 0.1) is 20.8 Å². The van der Waals surface area contributed by atoms with Gasteiger partial charge >= 0.3 is 6.03 Å². The van der Waals surface area contributed by atoms with Gasteiger partial charge in [-0.25, -0.2) is 4.79 Å². The monoisotopic (exact) mass is 402 g/mol. The highest BCUT2D eigenvalue weighted by atomic mass is 16.5. The van der Waals surface area contributed by atoms with Gasteiger partial charge in [-0.15, -0.1) is 0 Å². The molecule has 6 heteroatoms. The minimum absolute atomic E-state index is 0.125. The van der Waals surface area contributed by atoms with Gasteiger partial charge in [0.15, 0.2) is 0 Å². The summed E-state index contributed by atoms with van der Waals surface area (Å²) in [6.45, 7) is 10.6. The number of benzene rings is 2. The van der Waals surface area contributed by atoms with Crippen LogP contribution in [0.2, 0.25) is 0 Å². The lowest BCUT2D eigenvalue weighted by Crippen LogP contribution is -2.45. The van der Waals surface area contributed by atoms with Crippen LogP contribution in [0.3, 0.4) is 0 Å². The smallest absolute Gasteiger partial charge is 0.322 e. The van der Waals surface area contributed by atoms with Crippen molar-refractivity contribution < 1.29 is 9.32 Å². The van der Waals surface area contributed by atoms with Gasteiger partial charge in [0.2, 0.25) is 5.82 Å². The SMILES string of the molecule is CCN1C(=O)NC(c2ccc(C)c(C)c2)C(c2nc(-c3cccc(C)c3)no2)=C1C. The molecular weight excluding hydrogens is 376 g/mol. The summed E-state index contributed by atoms with van der Waals surface area (Å²) < 4.78 is 5.71. The van der Waals surface area contributed by atoms with E-state index >= 15 is 0 Å². The molecule has 0 spiro atoms. The molecule has 4 rings (SSSR count). The van der Waals surface area contributed by atoms with E-state index in [1.807, 2.05) is 51.1 Å². The van der Waals surface area contributed by atoms with Crippen LogP contribution in [-0.2, 0) is 0 Å². The van der Waals surface area contributed by atoms with E-state index in [-0.39, 0.29) is 12.1 Å². The fourth-order valence-corrected chi connectivity index (χ4v) is 3.87. The molecule has 3 aromatic rings. The van der Waals surface area contributed by atoms with Crippen LogP contribution >= 0.6 is 0 Å². The molecule has 2 amide bonds. The minimum Gasteiger partial charge on any atom is -0.334 e. The van der Waals surface area contributed by atoms with E-state index in [4.69, 9.17) is 9.51 Å². The van der Waals surface area contributed by atoms with Crippen LogP contribution in [0.15, 0.2) is 52.7 Å². The normalized spacial score (nSPS) is 16.8. The van der Waals surface area contributed by atoms with Crippen LogP contribution in [-0.4, -0.2) is 27.6 Å². The number of allylic oxidation sites excluding steroid dienone is 1. The molecule has 1 N–H and O–H groups in total. The number of carbonyl (C=O) groups excluding carboxylic acids is 1. The number of amides is 2. The Bertz CT molecular complexity index is 1150. The zero-order chi connectivity index (χ0) is 21.4. The molecule has 0 bridgehead atoms. The number of nitrogens with one attached hydrogen (secondary N) is 1. The van der Waals surface area contributed by atoms with E-state index in [0.29, 0.717) is 18.3 Å². The van der Waals surface area contributed by atoms with Gasteiger partial charge in [0.1, 0.15) is 0 Å². The second-order valence-electron chi connectivity index (χ2n) is 7.76. The topological polar surface area (TPSA) is 71.3 Å². The summed E-state index contributed by atoms with van der Waals surface area (Å²) in [6, 6.07) is 13.7. The van der Waals surface area contributed by atoms with E-state index in [9.17, 15) is 4.79 Å². The summed E-state index contributed by atoms with van der Waals surface area (Å²) in [5.74, 6) is 0.957. The number of rotatable bonds is 4. The molecule has 1 atom stereocenters. The van der Waals surface area contributed by atoms with Crippen molar-refractivity contribution in [3.05, 3.63) is 76.3 Å². The third-order valence-electron chi connectivity index (χ3n) is 5.71.